The van der Waals surface area contributed by atoms with Gasteiger partial charge in [-0.1, -0.05) is 18.5 Å². The standard InChI is InChI=1S/C26H25ClN8O/c1-5-21(34-25-23(27)14(2)32-15(3)33-25)19-8-16(11-31-26(19)36-4)20-12-30-24-18(20)6-7-22(35-24)17-9-28-13-29-10-17/h6-13,21H,5H2,1-4H3,(H,30,35)(H,32,33,34)/t21-/m0/s1. The van der Waals surface area contributed by atoms with E-state index in [4.69, 9.17) is 21.3 Å². The lowest BCUT2D eigenvalue weighted by atomic mass is 10.00. The zero-order valence-electron chi connectivity index (χ0n) is 20.4. The van der Waals surface area contributed by atoms with Crippen molar-refractivity contribution in [1.82, 2.24) is 34.9 Å². The third kappa shape index (κ3) is 4.45. The van der Waals surface area contributed by atoms with E-state index in [9.17, 15) is 0 Å². The number of hydrogen-bond acceptors (Lipinski definition) is 8. The molecule has 5 aromatic heterocycles. The van der Waals surface area contributed by atoms with Crippen molar-refractivity contribution < 1.29 is 4.74 Å². The molecule has 1 atom stereocenters. The van der Waals surface area contributed by atoms with Crippen molar-refractivity contribution in [2.75, 3.05) is 12.4 Å². The number of rotatable bonds is 7. The molecule has 9 nitrogen and oxygen atoms in total. The van der Waals surface area contributed by atoms with Crippen molar-refractivity contribution in [3.63, 3.8) is 0 Å². The van der Waals surface area contributed by atoms with Crippen LogP contribution in [-0.2, 0) is 0 Å². The summed E-state index contributed by atoms with van der Waals surface area (Å²) >= 11 is 6.51. The van der Waals surface area contributed by atoms with Crippen molar-refractivity contribution >= 4 is 28.5 Å². The van der Waals surface area contributed by atoms with Crippen LogP contribution in [0.3, 0.4) is 0 Å². The van der Waals surface area contributed by atoms with Gasteiger partial charge in [-0.2, -0.15) is 0 Å². The number of nitrogens with one attached hydrogen (secondary N) is 2. The maximum atomic E-state index is 6.51. The molecule has 0 fully saturated rings. The van der Waals surface area contributed by atoms with Gasteiger partial charge < -0.3 is 15.0 Å². The average Bonchev–Trinajstić information content (AvgIpc) is 3.33. The molecule has 182 valence electrons. The Morgan fingerprint density at radius 2 is 1.86 bits per heavy atom. The number of aromatic amines is 1. The van der Waals surface area contributed by atoms with Gasteiger partial charge in [0.2, 0.25) is 5.88 Å². The number of fused-ring (bicyclic) bond motifs is 1. The Kier molecular flexibility index (Phi) is 6.47. The largest absolute Gasteiger partial charge is 0.481 e. The zero-order chi connectivity index (χ0) is 25.2. The van der Waals surface area contributed by atoms with E-state index in [2.05, 4.69) is 48.2 Å². The Hall–Kier alpha value is -4.11. The van der Waals surface area contributed by atoms with E-state index < -0.39 is 0 Å². The number of aryl methyl sites for hydroxylation is 2. The predicted molar refractivity (Wildman–Crippen MR) is 140 cm³/mol. The van der Waals surface area contributed by atoms with E-state index in [1.54, 1.807) is 19.5 Å². The number of hydrogen-bond donors (Lipinski definition) is 2. The van der Waals surface area contributed by atoms with Crippen LogP contribution in [0, 0.1) is 13.8 Å². The van der Waals surface area contributed by atoms with Crippen molar-refractivity contribution in [3.8, 4) is 28.3 Å². The first kappa shape index (κ1) is 23.6. The third-order valence-electron chi connectivity index (χ3n) is 6.00. The van der Waals surface area contributed by atoms with Gasteiger partial charge in [0.1, 0.15) is 28.6 Å². The Labute approximate surface area is 213 Å². The van der Waals surface area contributed by atoms with Crippen molar-refractivity contribution in [3.05, 3.63) is 71.4 Å². The van der Waals surface area contributed by atoms with Crippen LogP contribution in [0.2, 0.25) is 5.02 Å². The number of aromatic nitrogens is 7. The summed E-state index contributed by atoms with van der Waals surface area (Å²) in [5.41, 5.74) is 5.99. The SMILES string of the molecule is CC[C@H](Nc1nc(C)nc(C)c1Cl)c1cc(-c2c[nH]c3nc(-c4cncnc4)ccc23)cnc1OC. The normalized spacial score (nSPS) is 12.0. The van der Waals surface area contributed by atoms with Gasteiger partial charge in [-0.3, -0.25) is 0 Å². The van der Waals surface area contributed by atoms with Gasteiger partial charge in [0.25, 0.3) is 0 Å². The van der Waals surface area contributed by atoms with Crippen LogP contribution in [0.1, 0.15) is 36.5 Å². The molecule has 0 unspecified atom stereocenters. The molecule has 5 rings (SSSR count). The van der Waals surface area contributed by atoms with Crippen LogP contribution < -0.4 is 10.1 Å². The van der Waals surface area contributed by atoms with Gasteiger partial charge in [-0.15, -0.1) is 0 Å². The Bertz CT molecular complexity index is 1540. The third-order valence-corrected chi connectivity index (χ3v) is 6.45. The molecule has 5 heterocycles. The van der Waals surface area contributed by atoms with E-state index in [-0.39, 0.29) is 6.04 Å². The minimum Gasteiger partial charge on any atom is -0.481 e. The molecule has 0 bridgehead atoms. The van der Waals surface area contributed by atoms with Crippen LogP contribution in [0.15, 0.2) is 49.3 Å². The first-order valence-corrected chi connectivity index (χ1v) is 11.9. The molecular formula is C26H25ClN8O. The van der Waals surface area contributed by atoms with Crippen molar-refractivity contribution in [2.45, 2.75) is 33.2 Å². The van der Waals surface area contributed by atoms with Crippen LogP contribution in [0.25, 0.3) is 33.4 Å². The topological polar surface area (TPSA) is 114 Å². The van der Waals surface area contributed by atoms with Gasteiger partial charge in [0.05, 0.1) is 24.5 Å². The lowest BCUT2D eigenvalue weighted by Crippen LogP contribution is -2.14. The van der Waals surface area contributed by atoms with E-state index in [1.807, 2.05) is 38.4 Å². The maximum Gasteiger partial charge on any atom is 0.218 e. The number of ether oxygens (including phenoxy) is 1. The molecule has 0 saturated heterocycles. The Morgan fingerprint density at radius 3 is 2.61 bits per heavy atom. The fraction of sp³-hybridized carbons (Fsp3) is 0.231. The second-order valence-corrected chi connectivity index (χ2v) is 8.75. The molecule has 0 aliphatic heterocycles. The molecule has 5 aromatic rings. The molecule has 36 heavy (non-hydrogen) atoms. The fourth-order valence-corrected chi connectivity index (χ4v) is 4.37. The first-order valence-electron chi connectivity index (χ1n) is 11.5. The van der Waals surface area contributed by atoms with Crippen molar-refractivity contribution in [2.24, 2.45) is 0 Å². The molecule has 0 aliphatic carbocycles. The highest BCUT2D eigenvalue weighted by Gasteiger charge is 2.21. The summed E-state index contributed by atoms with van der Waals surface area (Å²) in [5.74, 6) is 1.79. The molecule has 0 amide bonds. The zero-order valence-corrected chi connectivity index (χ0v) is 21.1. The summed E-state index contributed by atoms with van der Waals surface area (Å²) in [5, 5.41) is 4.96. The highest BCUT2D eigenvalue weighted by Crippen LogP contribution is 2.36. The summed E-state index contributed by atoms with van der Waals surface area (Å²) < 4.78 is 5.62. The molecule has 0 saturated carbocycles. The lowest BCUT2D eigenvalue weighted by molar-refractivity contribution is 0.389. The number of nitrogens with zero attached hydrogens (tertiary/aromatic N) is 6. The summed E-state index contributed by atoms with van der Waals surface area (Å²) in [6.45, 7) is 5.80. The van der Waals surface area contributed by atoms with Gasteiger partial charge in [-0.25, -0.2) is 29.9 Å². The highest BCUT2D eigenvalue weighted by atomic mass is 35.5. The molecule has 0 aliphatic rings. The smallest absolute Gasteiger partial charge is 0.218 e. The summed E-state index contributed by atoms with van der Waals surface area (Å²) in [7, 11) is 1.62. The van der Waals surface area contributed by atoms with E-state index in [0.717, 1.165) is 51.1 Å². The van der Waals surface area contributed by atoms with Gasteiger partial charge in [0, 0.05) is 52.4 Å². The minimum atomic E-state index is -0.133. The second kappa shape index (κ2) is 9.87. The number of methoxy groups -OCH3 is 1. The molecule has 0 aromatic carbocycles. The monoisotopic (exact) mass is 500 g/mol. The Balaban J connectivity index is 1.53. The van der Waals surface area contributed by atoms with E-state index in [1.165, 1.54) is 6.33 Å². The number of anilines is 1. The van der Waals surface area contributed by atoms with Gasteiger partial charge in [0.15, 0.2) is 0 Å². The highest BCUT2D eigenvalue weighted by molar-refractivity contribution is 6.33. The summed E-state index contributed by atoms with van der Waals surface area (Å²) in [4.78, 5) is 29.7. The van der Waals surface area contributed by atoms with Crippen LogP contribution in [0.4, 0.5) is 5.82 Å². The van der Waals surface area contributed by atoms with E-state index in [0.29, 0.717) is 22.5 Å². The predicted octanol–water partition coefficient (Wildman–Crippen LogP) is 5.71. The van der Waals surface area contributed by atoms with Crippen LogP contribution >= 0.6 is 11.6 Å². The average molecular weight is 501 g/mol. The lowest BCUT2D eigenvalue weighted by Gasteiger charge is -2.21. The molecule has 2 N–H and O–H groups in total. The number of H-pyrrole nitrogens is 1. The molecule has 0 radical (unpaired) electrons. The minimum absolute atomic E-state index is 0.133. The first-order chi connectivity index (χ1) is 17.5. The summed E-state index contributed by atoms with van der Waals surface area (Å²) in [6, 6.07) is 5.96. The van der Waals surface area contributed by atoms with Crippen LogP contribution in [0.5, 0.6) is 5.88 Å². The van der Waals surface area contributed by atoms with Crippen molar-refractivity contribution in [1.29, 1.82) is 0 Å². The van der Waals surface area contributed by atoms with Gasteiger partial charge in [-0.05, 0) is 38.5 Å². The molecule has 0 spiro atoms. The van der Waals surface area contributed by atoms with Crippen LogP contribution in [-0.4, -0.2) is 42.0 Å². The van der Waals surface area contributed by atoms with Gasteiger partial charge >= 0.3 is 0 Å². The number of pyridine rings is 2. The maximum absolute atomic E-state index is 6.51. The summed E-state index contributed by atoms with van der Waals surface area (Å²) in [6.07, 6.45) is 9.51. The quantitative estimate of drug-likeness (QED) is 0.292. The molecular weight excluding hydrogens is 476 g/mol. The number of halogens is 1. The fourth-order valence-electron chi connectivity index (χ4n) is 4.23. The molecule has 10 heteroatoms. The Morgan fingerprint density at radius 1 is 1.06 bits per heavy atom. The van der Waals surface area contributed by atoms with E-state index >= 15 is 0 Å². The second-order valence-electron chi connectivity index (χ2n) is 8.37.